The number of aromatic hydroxyl groups is 1. The molecule has 0 saturated heterocycles. The van der Waals surface area contributed by atoms with E-state index in [-0.39, 0.29) is 43.8 Å². The second-order valence-electron chi connectivity index (χ2n) is 9.05. The van der Waals surface area contributed by atoms with Crippen LogP contribution in [0.2, 0.25) is 0 Å². The van der Waals surface area contributed by atoms with Crippen molar-refractivity contribution in [3.63, 3.8) is 0 Å². The molecule has 0 unspecified atom stereocenters. The average molecular weight is 676 g/mol. The van der Waals surface area contributed by atoms with Gasteiger partial charge >= 0.3 is 0 Å². The fourth-order valence-corrected chi connectivity index (χ4v) is 5.81. The average Bonchev–Trinajstić information content (AvgIpc) is 2.98. The van der Waals surface area contributed by atoms with Crippen molar-refractivity contribution in [1.82, 2.24) is 0 Å². The summed E-state index contributed by atoms with van der Waals surface area (Å²) in [6.45, 7) is 0. The summed E-state index contributed by atoms with van der Waals surface area (Å²) in [5, 5.41) is 40.3. The lowest BCUT2D eigenvalue weighted by atomic mass is 10.1. The number of nitrogens with two attached hydrogens (primary N) is 1. The van der Waals surface area contributed by atoms with E-state index in [1.165, 1.54) is 48.5 Å². The zero-order valence-electron chi connectivity index (χ0n) is 22.1. The summed E-state index contributed by atoms with van der Waals surface area (Å²) in [5.41, 5.74) is 5.74. The zero-order valence-corrected chi connectivity index (χ0v) is 24.6. The van der Waals surface area contributed by atoms with Gasteiger partial charge < -0.3 is 10.8 Å². The monoisotopic (exact) mass is 675 g/mol. The van der Waals surface area contributed by atoms with Crippen molar-refractivity contribution in [2.75, 3.05) is 5.73 Å². The molecule has 5 aromatic rings. The molecular weight excluding hydrogens is 658 g/mol. The predicted octanol–water partition coefficient (Wildman–Crippen LogP) is 7.17. The number of phenols is 1. The Labute approximate surface area is 257 Å². The van der Waals surface area contributed by atoms with Crippen LogP contribution < -0.4 is 5.73 Å². The van der Waals surface area contributed by atoms with Gasteiger partial charge in [0, 0.05) is 16.2 Å². The number of hydrogen-bond donors (Lipinski definition) is 5. The first-order valence-corrected chi connectivity index (χ1v) is 15.7. The Bertz CT molecular complexity index is 2250. The summed E-state index contributed by atoms with van der Waals surface area (Å²) in [5.74, 6) is -1.03. The third-order valence-corrected chi connectivity index (χ3v) is 8.59. The topological polar surface area (TPSA) is 243 Å². The van der Waals surface area contributed by atoms with E-state index in [1.54, 1.807) is 0 Å². The van der Waals surface area contributed by atoms with Crippen LogP contribution in [-0.2, 0) is 29.6 Å². The molecular formula is C26H18FN5O10S3. The van der Waals surface area contributed by atoms with Crippen LogP contribution in [0.1, 0.15) is 0 Å². The SMILES string of the molecule is Nc1cc2c(O)c(N=Nc3ccc(N=Nc4ccc(F)cc4)c4ccc(S(=O)(=O)O)cc34)c(SOOO)cc2cc1S(=O)(=O)O. The van der Waals surface area contributed by atoms with Crippen molar-refractivity contribution in [2.45, 2.75) is 14.7 Å². The summed E-state index contributed by atoms with van der Waals surface area (Å²) in [6.07, 6.45) is 0. The number of halogens is 1. The van der Waals surface area contributed by atoms with Crippen LogP contribution in [0.3, 0.4) is 0 Å². The smallest absolute Gasteiger partial charge is 0.296 e. The molecule has 0 spiro atoms. The number of nitrogens with zero attached hydrogens (tertiary/aromatic N) is 4. The largest absolute Gasteiger partial charge is 0.505 e. The van der Waals surface area contributed by atoms with Gasteiger partial charge in [-0.15, -0.1) is 19.7 Å². The minimum Gasteiger partial charge on any atom is -0.505 e. The van der Waals surface area contributed by atoms with Gasteiger partial charge in [-0.3, -0.25) is 9.11 Å². The lowest BCUT2D eigenvalue weighted by molar-refractivity contribution is -0.432. The Morgan fingerprint density at radius 2 is 1.42 bits per heavy atom. The first kappa shape index (κ1) is 31.8. The van der Waals surface area contributed by atoms with Crippen LogP contribution in [0.25, 0.3) is 21.5 Å². The molecule has 0 radical (unpaired) electrons. The number of phenolic OH excluding ortho intramolecular Hbond substituents is 1. The molecule has 19 heteroatoms. The highest BCUT2D eigenvalue weighted by atomic mass is 32.2. The zero-order chi connectivity index (χ0) is 32.5. The molecule has 5 aromatic carbocycles. The van der Waals surface area contributed by atoms with E-state index in [1.807, 2.05) is 0 Å². The first-order chi connectivity index (χ1) is 21.3. The van der Waals surface area contributed by atoms with Gasteiger partial charge in [-0.05, 0) is 72.1 Å². The van der Waals surface area contributed by atoms with Gasteiger partial charge in [-0.2, -0.15) is 21.9 Å². The highest BCUT2D eigenvalue weighted by molar-refractivity contribution is 7.94. The highest BCUT2D eigenvalue weighted by Crippen LogP contribution is 2.46. The molecule has 0 atom stereocenters. The van der Waals surface area contributed by atoms with Crippen molar-refractivity contribution in [2.24, 2.45) is 20.5 Å². The summed E-state index contributed by atoms with van der Waals surface area (Å²) in [6, 6.07) is 15.0. The Morgan fingerprint density at radius 1 is 0.756 bits per heavy atom. The fourth-order valence-electron chi connectivity index (χ4n) is 4.18. The Hall–Kier alpha value is -4.60. The maximum absolute atomic E-state index is 13.3. The lowest BCUT2D eigenvalue weighted by Gasteiger charge is -2.11. The Morgan fingerprint density at radius 3 is 2.07 bits per heavy atom. The standard InChI is InChI=1S/C26H18FN5O10S3/c27-14-1-3-15(4-2-14)29-30-21-7-8-22(19-11-16(44(35,36)37)5-6-17(19)21)31-32-25-23(43-42-41-34)9-13-10-24(45(38,39)40)20(28)12-18(13)26(25)33/h1-12,33-34H,28H2,(H,35,36,37)(H,38,39,40). The molecule has 0 aliphatic carbocycles. The van der Waals surface area contributed by atoms with Gasteiger partial charge in [-0.25, -0.2) is 9.65 Å². The Kier molecular flexibility index (Phi) is 8.78. The van der Waals surface area contributed by atoms with Gasteiger partial charge in [0.2, 0.25) is 0 Å². The van der Waals surface area contributed by atoms with Gasteiger partial charge in [0.25, 0.3) is 20.2 Å². The second-order valence-corrected chi connectivity index (χ2v) is 12.6. The van der Waals surface area contributed by atoms with Crippen molar-refractivity contribution in [1.29, 1.82) is 0 Å². The van der Waals surface area contributed by atoms with E-state index < -0.39 is 41.6 Å². The molecule has 6 N–H and O–H groups in total. The minimum atomic E-state index is -4.73. The van der Waals surface area contributed by atoms with E-state index >= 15 is 0 Å². The molecule has 0 amide bonds. The number of fused-ring (bicyclic) bond motifs is 2. The Balaban J connectivity index is 1.67. The number of rotatable bonds is 9. The normalized spacial score (nSPS) is 12.6. The molecule has 0 aromatic heterocycles. The number of azo groups is 2. The van der Waals surface area contributed by atoms with Crippen LogP contribution in [0.5, 0.6) is 5.75 Å². The fraction of sp³-hybridized carbons (Fsp3) is 0. The summed E-state index contributed by atoms with van der Waals surface area (Å²) in [7, 11) is -9.37. The van der Waals surface area contributed by atoms with Crippen molar-refractivity contribution in [3.05, 3.63) is 78.6 Å². The molecule has 5 rings (SSSR count). The van der Waals surface area contributed by atoms with E-state index in [9.17, 15) is 35.4 Å². The van der Waals surface area contributed by atoms with Gasteiger partial charge in [0.05, 0.1) is 44.6 Å². The molecule has 0 fully saturated rings. The van der Waals surface area contributed by atoms with E-state index in [0.29, 0.717) is 23.1 Å². The van der Waals surface area contributed by atoms with E-state index in [4.69, 9.17) is 11.0 Å². The lowest BCUT2D eigenvalue weighted by Crippen LogP contribution is -2.03. The van der Waals surface area contributed by atoms with Crippen molar-refractivity contribution >= 4 is 82.3 Å². The maximum atomic E-state index is 13.3. The molecule has 0 saturated carbocycles. The van der Waals surface area contributed by atoms with Gasteiger partial charge in [0.15, 0.2) is 5.75 Å². The summed E-state index contributed by atoms with van der Waals surface area (Å²) < 4.78 is 84.1. The number of hydrogen-bond acceptors (Lipinski definition) is 14. The van der Waals surface area contributed by atoms with Crippen LogP contribution in [0.15, 0.2) is 108 Å². The molecule has 15 nitrogen and oxygen atoms in total. The van der Waals surface area contributed by atoms with Gasteiger partial charge in [-0.1, -0.05) is 11.1 Å². The molecule has 0 aliphatic rings. The number of benzene rings is 5. The highest BCUT2D eigenvalue weighted by Gasteiger charge is 2.21. The molecule has 0 bridgehead atoms. The first-order valence-electron chi connectivity index (χ1n) is 12.1. The van der Waals surface area contributed by atoms with Crippen LogP contribution in [0.4, 0.5) is 32.8 Å². The van der Waals surface area contributed by atoms with E-state index in [0.717, 1.165) is 24.3 Å². The van der Waals surface area contributed by atoms with Crippen LogP contribution in [0, 0.1) is 5.82 Å². The molecule has 232 valence electrons. The van der Waals surface area contributed by atoms with Crippen LogP contribution >= 0.6 is 12.0 Å². The number of anilines is 1. The quantitative estimate of drug-likeness (QED) is 0.0261. The van der Waals surface area contributed by atoms with Gasteiger partial charge in [0.1, 0.15) is 16.4 Å². The molecule has 0 heterocycles. The summed E-state index contributed by atoms with van der Waals surface area (Å²) >= 11 is 0.354. The maximum Gasteiger partial charge on any atom is 0.296 e. The van der Waals surface area contributed by atoms with Crippen molar-refractivity contribution in [3.8, 4) is 5.75 Å². The van der Waals surface area contributed by atoms with Crippen molar-refractivity contribution < 1.29 is 50.1 Å². The third kappa shape index (κ3) is 6.90. The molecule has 0 aliphatic heterocycles. The minimum absolute atomic E-state index is 0.00168. The molecule has 45 heavy (non-hydrogen) atoms. The summed E-state index contributed by atoms with van der Waals surface area (Å²) in [4.78, 5) is -1.16. The second kappa shape index (κ2) is 12.4. The van der Waals surface area contributed by atoms with Crippen LogP contribution in [-0.4, -0.2) is 36.3 Å². The predicted molar refractivity (Wildman–Crippen MR) is 159 cm³/mol. The third-order valence-electron chi connectivity index (χ3n) is 6.21. The van der Waals surface area contributed by atoms with E-state index in [2.05, 4.69) is 29.8 Å². The number of nitrogen functional groups attached to an aromatic ring is 1.